The number of benzene rings is 8. The predicted octanol–water partition coefficient (Wildman–Crippen LogP) is 19.1. The SMILES string of the molecule is Cc1cc(C(C)(C)C)ccc1N(c1ccc2c(c1)N(c1cccc3c1oc1cc(C(C)(C)C)ccc13)c1cc(C(C)(C)C)cc3c1B2c1cc(C(C)(C)C)cc2c4c5ccccc5sc4n-3c12)c1ccc(C(C)(C)C)cc1C. The molecule has 11 aromatic rings. The maximum atomic E-state index is 7.30. The summed E-state index contributed by atoms with van der Waals surface area (Å²) in [5.41, 5.74) is 24.0. The quantitative estimate of drug-likeness (QED) is 0.164. The molecule has 0 N–H and O–H groups in total. The molecule has 4 nitrogen and oxygen atoms in total. The zero-order valence-corrected chi connectivity index (χ0v) is 49.8. The van der Waals surface area contributed by atoms with Crippen LogP contribution in [0.25, 0.3) is 58.8 Å². The van der Waals surface area contributed by atoms with Crippen molar-refractivity contribution in [3.05, 3.63) is 178 Å². The van der Waals surface area contributed by atoms with Crippen LogP contribution in [0.5, 0.6) is 0 Å². The molecule has 78 heavy (non-hydrogen) atoms. The molecular formula is C72H74BN3OS. The average Bonchev–Trinajstić information content (AvgIpc) is 2.61. The third-order valence-corrected chi connectivity index (χ3v) is 18.5. The monoisotopic (exact) mass is 1040 g/mol. The van der Waals surface area contributed by atoms with E-state index in [9.17, 15) is 0 Å². The van der Waals surface area contributed by atoms with Gasteiger partial charge in [0.1, 0.15) is 10.4 Å². The molecule has 0 bridgehead atoms. The lowest BCUT2D eigenvalue weighted by Gasteiger charge is -2.42. The Morgan fingerprint density at radius 3 is 1.65 bits per heavy atom. The molecule has 6 heteroatoms. The number of rotatable bonds is 4. The Labute approximate surface area is 466 Å². The minimum atomic E-state index is -0.171. The van der Waals surface area contributed by atoms with E-state index in [0.717, 1.165) is 39.0 Å². The molecule has 0 atom stereocenters. The van der Waals surface area contributed by atoms with Gasteiger partial charge in [0.15, 0.2) is 5.58 Å². The lowest BCUT2D eigenvalue weighted by atomic mass is 9.33. The van der Waals surface area contributed by atoms with Gasteiger partial charge in [-0.05, 0) is 157 Å². The molecule has 0 amide bonds. The van der Waals surface area contributed by atoms with E-state index >= 15 is 0 Å². The minimum absolute atomic E-state index is 0.00659. The first-order valence-corrected chi connectivity index (χ1v) is 29.1. The summed E-state index contributed by atoms with van der Waals surface area (Å²) in [7, 11) is 0. The summed E-state index contributed by atoms with van der Waals surface area (Å²) in [4.78, 5) is 6.45. The van der Waals surface area contributed by atoms with Crippen molar-refractivity contribution in [2.45, 2.75) is 145 Å². The standard InChI is InChI=1S/C72H74BN3OS/c1-41-33-43(68(3,4)5)26-31-55(41)74(56-32-27-44(34-42(56)2)69(6,7)8)48-28-30-53-58(40-48)75(57-23-20-22-50-49-29-25-45(70(9,10)11)39-61(49)77-66(50)57)59-37-47(72(15,16)17)38-60-64(59)73(53)54-36-46(71(12,13)14)35-52-63-51-21-18-19-24-62(51)78-67(63)76(60)65(52)54/h18-40H,1-17H3. The number of aryl methyl sites for hydroxylation is 2. The maximum absolute atomic E-state index is 7.30. The highest BCUT2D eigenvalue weighted by molar-refractivity contribution is 7.26. The van der Waals surface area contributed by atoms with Crippen molar-refractivity contribution in [2.24, 2.45) is 0 Å². The molecule has 2 aliphatic rings. The minimum Gasteiger partial charge on any atom is -0.454 e. The fourth-order valence-electron chi connectivity index (χ4n) is 12.8. The van der Waals surface area contributed by atoms with Crippen molar-refractivity contribution in [3.63, 3.8) is 0 Å². The molecule has 392 valence electrons. The van der Waals surface area contributed by atoms with Gasteiger partial charge < -0.3 is 18.8 Å². The summed E-state index contributed by atoms with van der Waals surface area (Å²) in [6.07, 6.45) is 0. The number of aromatic nitrogens is 1. The molecule has 0 unspecified atom stereocenters. The van der Waals surface area contributed by atoms with E-state index < -0.39 is 0 Å². The summed E-state index contributed by atoms with van der Waals surface area (Å²) >= 11 is 1.93. The Morgan fingerprint density at radius 2 is 1.03 bits per heavy atom. The van der Waals surface area contributed by atoms with Crippen LogP contribution in [0.4, 0.5) is 34.1 Å². The van der Waals surface area contributed by atoms with Gasteiger partial charge in [0.25, 0.3) is 6.71 Å². The number of fused-ring (bicyclic) bond motifs is 12. The first-order valence-electron chi connectivity index (χ1n) is 28.3. The Morgan fingerprint density at radius 1 is 0.449 bits per heavy atom. The van der Waals surface area contributed by atoms with Crippen LogP contribution < -0.4 is 26.2 Å². The van der Waals surface area contributed by atoms with Crippen LogP contribution in [0.3, 0.4) is 0 Å². The van der Waals surface area contributed by atoms with Gasteiger partial charge >= 0.3 is 0 Å². The second kappa shape index (κ2) is 16.8. The van der Waals surface area contributed by atoms with Gasteiger partial charge in [0.05, 0.1) is 11.2 Å². The average molecular weight is 1040 g/mol. The molecule has 3 aromatic heterocycles. The molecule has 0 saturated carbocycles. The topological polar surface area (TPSA) is 24.6 Å². The first kappa shape index (κ1) is 50.5. The van der Waals surface area contributed by atoms with Crippen LogP contribution in [0, 0.1) is 13.8 Å². The highest BCUT2D eigenvalue weighted by Crippen LogP contribution is 2.51. The zero-order valence-electron chi connectivity index (χ0n) is 49.0. The number of thiophene rings is 1. The maximum Gasteiger partial charge on any atom is 0.252 e. The van der Waals surface area contributed by atoms with Crippen molar-refractivity contribution in [3.8, 4) is 5.69 Å². The van der Waals surface area contributed by atoms with E-state index in [1.54, 1.807) is 0 Å². The summed E-state index contributed by atoms with van der Waals surface area (Å²) in [6, 6.07) is 54.5. The molecule has 0 aliphatic carbocycles. The smallest absolute Gasteiger partial charge is 0.252 e. The number of para-hydroxylation sites is 1. The van der Waals surface area contributed by atoms with Gasteiger partial charge in [0.2, 0.25) is 0 Å². The van der Waals surface area contributed by atoms with E-state index in [-0.39, 0.29) is 33.8 Å². The number of furan rings is 1. The van der Waals surface area contributed by atoms with Crippen molar-refractivity contribution >= 4 is 122 Å². The van der Waals surface area contributed by atoms with Crippen LogP contribution in [0.2, 0.25) is 0 Å². The molecule has 0 saturated heterocycles. The van der Waals surface area contributed by atoms with Crippen molar-refractivity contribution < 1.29 is 4.42 Å². The van der Waals surface area contributed by atoms with Crippen molar-refractivity contribution in [1.29, 1.82) is 0 Å². The number of anilines is 6. The van der Waals surface area contributed by atoms with E-state index in [1.807, 2.05) is 11.3 Å². The van der Waals surface area contributed by atoms with Gasteiger partial charge in [-0.2, -0.15) is 0 Å². The Balaban J connectivity index is 1.18. The molecule has 0 fully saturated rings. The summed E-state index contributed by atoms with van der Waals surface area (Å²) in [5.74, 6) is 0. The second-order valence-corrected chi connectivity index (χ2v) is 29.1. The molecule has 0 spiro atoms. The third kappa shape index (κ3) is 7.66. The van der Waals surface area contributed by atoms with Gasteiger partial charge in [-0.15, -0.1) is 11.3 Å². The van der Waals surface area contributed by atoms with Crippen LogP contribution in [0.15, 0.2) is 144 Å². The zero-order chi connectivity index (χ0) is 55.1. The van der Waals surface area contributed by atoms with Crippen molar-refractivity contribution in [1.82, 2.24) is 4.57 Å². The van der Waals surface area contributed by atoms with E-state index in [0.29, 0.717) is 0 Å². The third-order valence-electron chi connectivity index (χ3n) is 17.4. The van der Waals surface area contributed by atoms with E-state index in [2.05, 4.69) is 272 Å². The number of nitrogens with zero attached hydrogens (tertiary/aromatic N) is 3. The highest BCUT2D eigenvalue weighted by atomic mass is 32.1. The van der Waals surface area contributed by atoms with E-state index in [4.69, 9.17) is 4.42 Å². The first-order chi connectivity index (χ1) is 36.7. The normalized spacial score (nSPS) is 13.9. The molecule has 8 aromatic carbocycles. The number of hydrogen-bond donors (Lipinski definition) is 0. The number of hydrogen-bond acceptors (Lipinski definition) is 4. The van der Waals surface area contributed by atoms with Crippen LogP contribution in [-0.4, -0.2) is 11.3 Å². The molecule has 0 radical (unpaired) electrons. The summed E-state index contributed by atoms with van der Waals surface area (Å²) in [5, 5.41) is 6.28. The van der Waals surface area contributed by atoms with Gasteiger partial charge in [-0.1, -0.05) is 183 Å². The van der Waals surface area contributed by atoms with Gasteiger partial charge in [-0.25, -0.2) is 0 Å². The fraction of sp³-hybridized carbons (Fsp3) is 0.306. The van der Waals surface area contributed by atoms with Gasteiger partial charge in [0, 0.05) is 65.8 Å². The largest absolute Gasteiger partial charge is 0.454 e. The lowest BCUT2D eigenvalue weighted by Crippen LogP contribution is -2.60. The van der Waals surface area contributed by atoms with Crippen LogP contribution in [-0.2, 0) is 27.1 Å². The fourth-order valence-corrected chi connectivity index (χ4v) is 14.0. The molecule has 5 heterocycles. The van der Waals surface area contributed by atoms with Gasteiger partial charge in [-0.3, -0.25) is 0 Å². The highest BCUT2D eigenvalue weighted by Gasteiger charge is 2.45. The van der Waals surface area contributed by atoms with Crippen molar-refractivity contribution in [2.75, 3.05) is 9.80 Å². The summed E-state index contributed by atoms with van der Waals surface area (Å²) in [6.45, 7) is 39.5. The Bertz CT molecular complexity index is 4270. The molecular weight excluding hydrogens is 966 g/mol. The second-order valence-electron chi connectivity index (χ2n) is 28.1. The predicted molar refractivity (Wildman–Crippen MR) is 340 cm³/mol. The van der Waals surface area contributed by atoms with Crippen LogP contribution >= 0.6 is 11.3 Å². The van der Waals surface area contributed by atoms with E-state index in [1.165, 1.54) is 109 Å². The molecule has 13 rings (SSSR count). The van der Waals surface area contributed by atoms with Crippen LogP contribution in [0.1, 0.15) is 143 Å². The Hall–Kier alpha value is -7.02. The Kier molecular flexibility index (Phi) is 10.8. The lowest BCUT2D eigenvalue weighted by molar-refractivity contribution is 0.587. The summed E-state index contributed by atoms with van der Waals surface area (Å²) < 4.78 is 11.3. The molecule has 2 aliphatic heterocycles.